The number of hydrogen-bond donors (Lipinski definition) is 0. The van der Waals surface area contributed by atoms with Crippen LogP contribution in [0.25, 0.3) is 0 Å². The summed E-state index contributed by atoms with van der Waals surface area (Å²) in [6, 6.07) is 42.1. The molecular formula is C33H33N6PS2. The lowest BCUT2D eigenvalue weighted by molar-refractivity contribution is 0.700. The van der Waals surface area contributed by atoms with Gasteiger partial charge in [-0.2, -0.15) is 0 Å². The fraction of sp³-hybridized carbons (Fsp3) is 0.152. The molecule has 0 aliphatic rings. The van der Waals surface area contributed by atoms with E-state index in [1.807, 2.05) is 39.8 Å². The van der Waals surface area contributed by atoms with Crippen molar-refractivity contribution in [2.75, 3.05) is 0 Å². The van der Waals surface area contributed by atoms with E-state index >= 15 is 0 Å². The zero-order chi connectivity index (χ0) is 28.8. The quantitative estimate of drug-likeness (QED) is 0.114. The second-order valence-electron chi connectivity index (χ2n) is 9.28. The first kappa shape index (κ1) is 29.8. The Bertz CT molecular complexity index is 1560. The maximum Gasteiger partial charge on any atom is 0.0927 e. The molecule has 4 aromatic carbocycles. The van der Waals surface area contributed by atoms with Crippen molar-refractivity contribution in [2.45, 2.75) is 41.1 Å². The largest absolute Gasteiger partial charge is 0.242 e. The molecule has 6 nitrogen and oxygen atoms in total. The van der Waals surface area contributed by atoms with Crippen molar-refractivity contribution in [3.63, 3.8) is 0 Å². The molecular weight excluding hydrogens is 576 g/mol. The fourth-order valence-electron chi connectivity index (χ4n) is 4.06. The van der Waals surface area contributed by atoms with E-state index in [0.717, 1.165) is 35.7 Å². The van der Waals surface area contributed by atoms with Crippen molar-refractivity contribution in [3.05, 3.63) is 145 Å². The maximum atomic E-state index is 4.44. The van der Waals surface area contributed by atoms with Crippen LogP contribution in [-0.4, -0.2) is 30.0 Å². The Morgan fingerprint density at radius 2 is 0.952 bits per heavy atom. The lowest BCUT2D eigenvalue weighted by Crippen LogP contribution is -2.13. The van der Waals surface area contributed by atoms with Gasteiger partial charge in [-0.1, -0.05) is 114 Å². The van der Waals surface area contributed by atoms with E-state index in [4.69, 9.17) is 0 Å². The normalized spacial score (nSPS) is 10.8. The highest BCUT2D eigenvalue weighted by Gasteiger charge is 2.16. The third kappa shape index (κ3) is 9.15. The number of thioether (sulfide) groups is 2. The van der Waals surface area contributed by atoms with Crippen LogP contribution in [0.3, 0.4) is 0 Å². The van der Waals surface area contributed by atoms with Crippen molar-refractivity contribution in [1.82, 2.24) is 30.0 Å². The third-order valence-electron chi connectivity index (χ3n) is 6.20. The lowest BCUT2D eigenvalue weighted by atomic mass is 10.4. The molecule has 0 aliphatic carbocycles. The molecule has 0 fully saturated rings. The molecule has 0 unspecified atom stereocenters. The monoisotopic (exact) mass is 608 g/mol. The van der Waals surface area contributed by atoms with Crippen molar-refractivity contribution in [1.29, 1.82) is 0 Å². The van der Waals surface area contributed by atoms with E-state index in [1.54, 1.807) is 23.5 Å². The molecule has 2 heterocycles. The number of benzene rings is 4. The standard InChI is InChI=1S/C22H20N3PS.C11H13N3S/c1-4-10-20(11-5-1)26(21-12-6-2-7-13-21)17-19-16-25(24-23-19)18-27-22-14-8-3-9-15-22;1-2-10-8-14(13-12-10)9-15-11-6-4-3-5-7-11/h1-16H,17-18H2;3-8H,2,9H2,1H3. The SMILES string of the molecule is CCc1cn(CSc2ccccc2)nn1.c1ccc(SCn2cc(CP(c3ccccc3)c3ccccc3)nn2)cc1. The van der Waals surface area contributed by atoms with Gasteiger partial charge in [-0.25, -0.2) is 9.36 Å². The number of hydrogen-bond acceptors (Lipinski definition) is 6. The topological polar surface area (TPSA) is 61.4 Å². The zero-order valence-electron chi connectivity index (χ0n) is 23.5. The predicted octanol–water partition coefficient (Wildman–Crippen LogP) is 7.25. The Morgan fingerprint density at radius 1 is 0.548 bits per heavy atom. The van der Waals surface area contributed by atoms with Crippen LogP contribution in [0.4, 0.5) is 0 Å². The second-order valence-corrected chi connectivity index (χ2v) is 13.5. The molecule has 0 saturated heterocycles. The summed E-state index contributed by atoms with van der Waals surface area (Å²) in [5, 5.41) is 19.6. The minimum atomic E-state index is -0.490. The van der Waals surface area contributed by atoms with Crippen LogP contribution >= 0.6 is 31.4 Å². The first-order valence-corrected chi connectivity index (χ1v) is 17.3. The van der Waals surface area contributed by atoms with Gasteiger partial charge in [0.2, 0.25) is 0 Å². The summed E-state index contributed by atoms with van der Waals surface area (Å²) in [5.41, 5.74) is 2.09. The predicted molar refractivity (Wildman–Crippen MR) is 177 cm³/mol. The van der Waals surface area contributed by atoms with Crippen molar-refractivity contribution >= 4 is 42.1 Å². The molecule has 0 aliphatic heterocycles. The first-order chi connectivity index (χ1) is 20.8. The molecule has 0 radical (unpaired) electrons. The lowest BCUT2D eigenvalue weighted by Gasteiger charge is -2.17. The highest BCUT2D eigenvalue weighted by atomic mass is 32.2. The summed E-state index contributed by atoms with van der Waals surface area (Å²) in [7, 11) is -0.490. The van der Waals surface area contributed by atoms with Crippen molar-refractivity contribution < 1.29 is 0 Å². The minimum absolute atomic E-state index is 0.490. The fourth-order valence-corrected chi connectivity index (χ4v) is 7.77. The van der Waals surface area contributed by atoms with Gasteiger partial charge in [-0.3, -0.25) is 0 Å². The Hall–Kier alpha value is -3.71. The summed E-state index contributed by atoms with van der Waals surface area (Å²) in [6.45, 7) is 2.08. The van der Waals surface area contributed by atoms with E-state index in [0.29, 0.717) is 0 Å². The smallest absolute Gasteiger partial charge is 0.0927 e. The summed E-state index contributed by atoms with van der Waals surface area (Å²) in [4.78, 5) is 2.50. The summed E-state index contributed by atoms with van der Waals surface area (Å²) in [5.74, 6) is 1.59. The van der Waals surface area contributed by atoms with Crippen LogP contribution in [0, 0.1) is 0 Å². The molecule has 0 bridgehead atoms. The van der Waals surface area contributed by atoms with Crippen molar-refractivity contribution in [2.24, 2.45) is 0 Å². The molecule has 9 heteroatoms. The van der Waals surface area contributed by atoms with Gasteiger partial charge < -0.3 is 0 Å². The van der Waals surface area contributed by atoms with E-state index in [9.17, 15) is 0 Å². The van der Waals surface area contributed by atoms with Crippen LogP contribution in [0.5, 0.6) is 0 Å². The number of rotatable bonds is 11. The Morgan fingerprint density at radius 3 is 1.38 bits per heavy atom. The van der Waals surface area contributed by atoms with Gasteiger partial charge in [0, 0.05) is 28.3 Å². The number of aryl methyl sites for hydroxylation is 1. The van der Waals surface area contributed by atoms with Gasteiger partial charge in [0.15, 0.2) is 0 Å². The summed E-state index contributed by atoms with van der Waals surface area (Å²) in [6.07, 6.45) is 5.92. The maximum absolute atomic E-state index is 4.44. The van der Waals surface area contributed by atoms with Crippen molar-refractivity contribution in [3.8, 4) is 0 Å². The van der Waals surface area contributed by atoms with E-state index in [2.05, 4.69) is 131 Å². The second kappa shape index (κ2) is 16.1. The van der Waals surface area contributed by atoms with Gasteiger partial charge in [0.05, 0.1) is 23.1 Å². The summed E-state index contributed by atoms with van der Waals surface area (Å²) >= 11 is 3.52. The van der Waals surface area contributed by atoms with Gasteiger partial charge in [0.25, 0.3) is 0 Å². The summed E-state index contributed by atoms with van der Waals surface area (Å²) < 4.78 is 3.80. The minimum Gasteiger partial charge on any atom is -0.242 e. The Labute approximate surface area is 257 Å². The highest BCUT2D eigenvalue weighted by molar-refractivity contribution is 7.98. The number of aromatic nitrogens is 6. The van der Waals surface area contributed by atoms with Gasteiger partial charge in [0.1, 0.15) is 0 Å². The highest BCUT2D eigenvalue weighted by Crippen LogP contribution is 2.37. The molecule has 0 atom stereocenters. The molecule has 0 N–H and O–H groups in total. The van der Waals surface area contributed by atoms with E-state index in [-0.39, 0.29) is 0 Å². The molecule has 0 amide bonds. The van der Waals surface area contributed by atoms with Crippen LogP contribution in [0.2, 0.25) is 0 Å². The van der Waals surface area contributed by atoms with Crippen LogP contribution in [0.15, 0.2) is 144 Å². The number of nitrogens with zero attached hydrogens (tertiary/aromatic N) is 6. The Kier molecular flexibility index (Phi) is 11.4. The third-order valence-corrected chi connectivity index (χ3v) is 10.7. The van der Waals surface area contributed by atoms with Gasteiger partial charge in [-0.05, 0) is 49.2 Å². The molecule has 42 heavy (non-hydrogen) atoms. The molecule has 212 valence electrons. The molecule has 2 aromatic heterocycles. The molecule has 6 aromatic rings. The van der Waals surface area contributed by atoms with E-state index in [1.165, 1.54) is 20.4 Å². The molecule has 6 rings (SSSR count). The van der Waals surface area contributed by atoms with Crippen LogP contribution < -0.4 is 10.6 Å². The molecule has 0 saturated carbocycles. The van der Waals surface area contributed by atoms with Gasteiger partial charge in [-0.15, -0.1) is 33.7 Å². The van der Waals surface area contributed by atoms with Crippen LogP contribution in [0.1, 0.15) is 18.3 Å². The van der Waals surface area contributed by atoms with E-state index < -0.39 is 7.92 Å². The Balaban J connectivity index is 0.000000199. The molecule has 0 spiro atoms. The zero-order valence-corrected chi connectivity index (χ0v) is 26.0. The average molecular weight is 609 g/mol. The first-order valence-electron chi connectivity index (χ1n) is 13.8. The average Bonchev–Trinajstić information content (AvgIpc) is 3.73. The van der Waals surface area contributed by atoms with Gasteiger partial charge >= 0.3 is 0 Å². The van der Waals surface area contributed by atoms with Crippen LogP contribution in [-0.2, 0) is 24.3 Å².